The Kier molecular flexibility index (Phi) is 5.28. The van der Waals surface area contributed by atoms with Crippen LogP contribution in [0.15, 0.2) is 42.5 Å². The number of halogens is 1. The molecule has 128 valence electrons. The number of carbonyl (C=O) groups is 1. The smallest absolute Gasteiger partial charge is 0.412 e. The van der Waals surface area contributed by atoms with Gasteiger partial charge in [-0.25, -0.2) is 9.18 Å². The number of rotatable bonds is 4. The van der Waals surface area contributed by atoms with Crippen molar-refractivity contribution in [3.05, 3.63) is 53.8 Å². The molecule has 0 aliphatic rings. The molecule has 6 heteroatoms. The first-order chi connectivity index (χ1) is 11.2. The SMILES string of the molecule is CC(C)(C)OC(=O)Nc1cccc(NCc2cc(O)cc(F)c2)c1. The molecule has 0 bridgehead atoms. The van der Waals surface area contributed by atoms with Crippen LogP contribution in [0, 0.1) is 5.82 Å². The van der Waals surface area contributed by atoms with Crippen molar-refractivity contribution in [3.8, 4) is 5.75 Å². The first kappa shape index (κ1) is 17.6. The van der Waals surface area contributed by atoms with E-state index >= 15 is 0 Å². The lowest BCUT2D eigenvalue weighted by Gasteiger charge is -2.19. The summed E-state index contributed by atoms with van der Waals surface area (Å²) in [6.45, 7) is 5.71. The Bertz CT molecular complexity index is 706. The molecule has 0 unspecified atom stereocenters. The highest BCUT2D eigenvalue weighted by Crippen LogP contribution is 2.19. The molecule has 1 amide bonds. The maximum absolute atomic E-state index is 13.2. The molecule has 0 spiro atoms. The number of nitrogens with one attached hydrogen (secondary N) is 2. The highest BCUT2D eigenvalue weighted by atomic mass is 19.1. The molecule has 5 nitrogen and oxygen atoms in total. The van der Waals surface area contributed by atoms with Crippen molar-refractivity contribution in [2.24, 2.45) is 0 Å². The zero-order chi connectivity index (χ0) is 17.7. The Morgan fingerprint density at radius 1 is 1.17 bits per heavy atom. The molecular formula is C18H21FN2O3. The molecule has 0 fully saturated rings. The average molecular weight is 332 g/mol. The van der Waals surface area contributed by atoms with Crippen LogP contribution in [0.1, 0.15) is 26.3 Å². The van der Waals surface area contributed by atoms with Crippen molar-refractivity contribution in [1.82, 2.24) is 0 Å². The first-order valence-corrected chi connectivity index (χ1v) is 7.54. The topological polar surface area (TPSA) is 70.6 Å². The van der Waals surface area contributed by atoms with Gasteiger partial charge < -0.3 is 15.2 Å². The quantitative estimate of drug-likeness (QED) is 0.771. The van der Waals surface area contributed by atoms with E-state index in [1.54, 1.807) is 39.0 Å². The summed E-state index contributed by atoms with van der Waals surface area (Å²) in [7, 11) is 0. The fourth-order valence-corrected chi connectivity index (χ4v) is 2.07. The van der Waals surface area contributed by atoms with Gasteiger partial charge in [-0.3, -0.25) is 5.32 Å². The monoisotopic (exact) mass is 332 g/mol. The predicted molar refractivity (Wildman–Crippen MR) is 91.7 cm³/mol. The standard InChI is InChI=1S/C18H21FN2O3/c1-18(2,3)24-17(23)21-15-6-4-5-14(10-15)20-11-12-7-13(19)9-16(22)8-12/h4-10,20,22H,11H2,1-3H3,(H,21,23). The normalized spacial score (nSPS) is 11.0. The van der Waals surface area contributed by atoms with E-state index in [4.69, 9.17) is 4.74 Å². The maximum atomic E-state index is 13.2. The third-order valence-corrected chi connectivity index (χ3v) is 2.95. The van der Waals surface area contributed by atoms with Gasteiger partial charge in [0.1, 0.15) is 17.2 Å². The summed E-state index contributed by atoms with van der Waals surface area (Å²) in [5, 5.41) is 15.2. The van der Waals surface area contributed by atoms with Crippen LogP contribution >= 0.6 is 0 Å². The lowest BCUT2D eigenvalue weighted by molar-refractivity contribution is 0.0636. The summed E-state index contributed by atoms with van der Waals surface area (Å²) in [5.74, 6) is -0.612. The molecule has 24 heavy (non-hydrogen) atoms. The Morgan fingerprint density at radius 2 is 1.88 bits per heavy atom. The second kappa shape index (κ2) is 7.21. The summed E-state index contributed by atoms with van der Waals surface area (Å²) in [6.07, 6.45) is -0.533. The molecule has 0 aromatic heterocycles. The fourth-order valence-electron chi connectivity index (χ4n) is 2.07. The number of benzene rings is 2. The molecule has 0 atom stereocenters. The number of ether oxygens (including phenoxy) is 1. The second-order valence-corrected chi connectivity index (χ2v) is 6.38. The van der Waals surface area contributed by atoms with Gasteiger partial charge in [0, 0.05) is 24.0 Å². The number of anilines is 2. The van der Waals surface area contributed by atoms with Crippen LogP contribution in [0.3, 0.4) is 0 Å². The summed E-state index contributed by atoms with van der Waals surface area (Å²) in [4.78, 5) is 11.8. The van der Waals surface area contributed by atoms with Crippen LogP contribution in [0.5, 0.6) is 5.75 Å². The van der Waals surface area contributed by atoms with Gasteiger partial charge in [0.25, 0.3) is 0 Å². The molecule has 2 aromatic carbocycles. The van der Waals surface area contributed by atoms with Crippen LogP contribution in [0.2, 0.25) is 0 Å². The van der Waals surface area contributed by atoms with Gasteiger partial charge in [-0.15, -0.1) is 0 Å². The molecule has 2 rings (SSSR count). The number of hydrogen-bond acceptors (Lipinski definition) is 4. The minimum Gasteiger partial charge on any atom is -0.508 e. The Hall–Kier alpha value is -2.76. The van der Waals surface area contributed by atoms with Crippen LogP contribution in [0.25, 0.3) is 0 Å². The van der Waals surface area contributed by atoms with Crippen molar-refractivity contribution in [3.63, 3.8) is 0 Å². The van der Waals surface area contributed by atoms with E-state index in [1.807, 2.05) is 6.07 Å². The van der Waals surface area contributed by atoms with E-state index < -0.39 is 17.5 Å². The van der Waals surface area contributed by atoms with Crippen molar-refractivity contribution >= 4 is 17.5 Å². The maximum Gasteiger partial charge on any atom is 0.412 e. The van der Waals surface area contributed by atoms with E-state index in [1.165, 1.54) is 12.1 Å². The van der Waals surface area contributed by atoms with Crippen molar-refractivity contribution in [2.45, 2.75) is 32.9 Å². The zero-order valence-electron chi connectivity index (χ0n) is 13.9. The van der Waals surface area contributed by atoms with Crippen LogP contribution in [-0.2, 0) is 11.3 Å². The van der Waals surface area contributed by atoms with Crippen LogP contribution < -0.4 is 10.6 Å². The molecule has 3 N–H and O–H groups in total. The van der Waals surface area contributed by atoms with Gasteiger partial charge in [-0.2, -0.15) is 0 Å². The third-order valence-electron chi connectivity index (χ3n) is 2.95. The van der Waals surface area contributed by atoms with E-state index in [2.05, 4.69) is 10.6 Å². The second-order valence-electron chi connectivity index (χ2n) is 6.38. The van der Waals surface area contributed by atoms with Crippen molar-refractivity contribution < 1.29 is 19.0 Å². The summed E-state index contributed by atoms with van der Waals surface area (Å²) >= 11 is 0. The molecule has 0 saturated heterocycles. The van der Waals surface area contributed by atoms with Gasteiger partial charge >= 0.3 is 6.09 Å². The molecule has 0 radical (unpaired) electrons. The number of carbonyl (C=O) groups excluding carboxylic acids is 1. The van der Waals surface area contributed by atoms with E-state index in [0.29, 0.717) is 17.8 Å². The summed E-state index contributed by atoms with van der Waals surface area (Å²) < 4.78 is 18.4. The predicted octanol–water partition coefficient (Wildman–Crippen LogP) is 4.49. The number of amides is 1. The number of phenols is 1. The van der Waals surface area contributed by atoms with Gasteiger partial charge in [0.15, 0.2) is 0 Å². The highest BCUT2D eigenvalue weighted by molar-refractivity contribution is 5.85. The summed E-state index contributed by atoms with van der Waals surface area (Å²) in [5.41, 5.74) is 1.36. The van der Waals surface area contributed by atoms with Crippen LogP contribution in [-0.4, -0.2) is 16.8 Å². The minimum absolute atomic E-state index is 0.118. The highest BCUT2D eigenvalue weighted by Gasteiger charge is 2.16. The number of aromatic hydroxyl groups is 1. The number of hydrogen-bond donors (Lipinski definition) is 3. The zero-order valence-corrected chi connectivity index (χ0v) is 13.9. The summed E-state index contributed by atoms with van der Waals surface area (Å²) in [6, 6.07) is 11.0. The van der Waals surface area contributed by atoms with Gasteiger partial charge in [-0.05, 0) is 56.7 Å². The van der Waals surface area contributed by atoms with Crippen molar-refractivity contribution in [1.29, 1.82) is 0 Å². The fraction of sp³-hybridized carbons (Fsp3) is 0.278. The van der Waals surface area contributed by atoms with E-state index in [9.17, 15) is 14.3 Å². The molecule has 0 saturated carbocycles. The lowest BCUT2D eigenvalue weighted by Crippen LogP contribution is -2.27. The lowest BCUT2D eigenvalue weighted by atomic mass is 10.2. The molecular weight excluding hydrogens is 311 g/mol. The molecule has 0 heterocycles. The van der Waals surface area contributed by atoms with E-state index in [-0.39, 0.29) is 5.75 Å². The Labute approximate surface area is 140 Å². The first-order valence-electron chi connectivity index (χ1n) is 7.54. The van der Waals surface area contributed by atoms with Gasteiger partial charge in [0.05, 0.1) is 0 Å². The molecule has 0 aliphatic carbocycles. The third kappa shape index (κ3) is 5.79. The van der Waals surface area contributed by atoms with E-state index in [0.717, 1.165) is 11.8 Å². The van der Waals surface area contributed by atoms with Crippen LogP contribution in [0.4, 0.5) is 20.6 Å². The van der Waals surface area contributed by atoms with Gasteiger partial charge in [0.2, 0.25) is 0 Å². The van der Waals surface area contributed by atoms with Crippen molar-refractivity contribution in [2.75, 3.05) is 10.6 Å². The molecule has 0 aliphatic heterocycles. The molecule has 2 aromatic rings. The Morgan fingerprint density at radius 3 is 2.54 bits per heavy atom. The van der Waals surface area contributed by atoms with Gasteiger partial charge in [-0.1, -0.05) is 6.07 Å². The average Bonchev–Trinajstić information content (AvgIpc) is 2.42. The minimum atomic E-state index is -0.570. The largest absolute Gasteiger partial charge is 0.508 e. The Balaban J connectivity index is 1.98. The number of phenolic OH excluding ortho intramolecular Hbond substituents is 1.